The molecule has 1 fully saturated rings. The molecule has 7 nitrogen and oxygen atoms in total. The topological polar surface area (TPSA) is 104 Å². The van der Waals surface area contributed by atoms with Crippen molar-refractivity contribution in [3.05, 3.63) is 39.9 Å². The minimum atomic E-state index is -0.492. The molecule has 0 spiro atoms. The Hall–Kier alpha value is -1.99. The highest BCUT2D eigenvalue weighted by Gasteiger charge is 2.27. The van der Waals surface area contributed by atoms with Gasteiger partial charge in [0.1, 0.15) is 0 Å². The zero-order chi connectivity index (χ0) is 13.8. The van der Waals surface area contributed by atoms with Crippen LogP contribution in [0.5, 0.6) is 0 Å². The largest absolute Gasteiger partial charge is 0.392 e. The third-order valence-electron chi connectivity index (χ3n) is 3.01. The van der Waals surface area contributed by atoms with Crippen LogP contribution < -0.4 is 10.6 Å². The summed E-state index contributed by atoms with van der Waals surface area (Å²) in [7, 11) is 0. The predicted octanol–water partition coefficient (Wildman–Crippen LogP) is -0.0662. The van der Waals surface area contributed by atoms with E-state index in [2.05, 4.69) is 10.6 Å². The highest BCUT2D eigenvalue weighted by molar-refractivity contribution is 5.82. The van der Waals surface area contributed by atoms with E-state index in [4.69, 9.17) is 0 Å². The van der Waals surface area contributed by atoms with Gasteiger partial charge in [-0.1, -0.05) is 12.1 Å². The minimum Gasteiger partial charge on any atom is -0.392 e. The zero-order valence-electron chi connectivity index (χ0n) is 10.2. The molecule has 2 atom stereocenters. The van der Waals surface area contributed by atoms with Gasteiger partial charge in [0, 0.05) is 25.2 Å². The quantitative estimate of drug-likeness (QED) is 0.522. The van der Waals surface area contributed by atoms with Gasteiger partial charge in [0.05, 0.1) is 17.1 Å². The van der Waals surface area contributed by atoms with Crippen molar-refractivity contribution >= 4 is 11.6 Å². The van der Waals surface area contributed by atoms with Crippen molar-refractivity contribution in [2.45, 2.75) is 25.1 Å². The third kappa shape index (κ3) is 3.49. The lowest BCUT2D eigenvalue weighted by atomic mass is 10.1. The summed E-state index contributed by atoms with van der Waals surface area (Å²) >= 11 is 0. The summed E-state index contributed by atoms with van der Waals surface area (Å²) in [5, 5.41) is 25.5. The number of rotatable bonds is 4. The summed E-state index contributed by atoms with van der Waals surface area (Å²) in [5.41, 5.74) is 0.669. The number of nitro groups is 1. The van der Waals surface area contributed by atoms with Crippen LogP contribution in [-0.2, 0) is 11.3 Å². The van der Waals surface area contributed by atoms with E-state index in [0.29, 0.717) is 18.5 Å². The molecule has 0 bridgehead atoms. The van der Waals surface area contributed by atoms with E-state index in [0.717, 1.165) is 0 Å². The molecule has 1 amide bonds. The van der Waals surface area contributed by atoms with Crippen molar-refractivity contribution in [1.82, 2.24) is 10.6 Å². The molecule has 0 aromatic heterocycles. The lowest BCUT2D eigenvalue weighted by molar-refractivity contribution is -0.384. The van der Waals surface area contributed by atoms with Crippen molar-refractivity contribution in [2.24, 2.45) is 0 Å². The summed E-state index contributed by atoms with van der Waals surface area (Å²) in [5.74, 6) is -0.206. The van der Waals surface area contributed by atoms with Crippen LogP contribution in [-0.4, -0.2) is 34.6 Å². The smallest absolute Gasteiger partial charge is 0.269 e. The average molecular weight is 265 g/mol. The number of hydrogen-bond donors (Lipinski definition) is 3. The Morgan fingerprint density at radius 3 is 3.00 bits per heavy atom. The van der Waals surface area contributed by atoms with Gasteiger partial charge in [0.15, 0.2) is 0 Å². The number of aliphatic hydroxyl groups excluding tert-OH is 1. The number of β-amino-alcohol motifs (C(OH)–C–C–N with tert-alkyl or cyclic N) is 1. The lowest BCUT2D eigenvalue weighted by Crippen LogP contribution is -2.40. The lowest BCUT2D eigenvalue weighted by Gasteiger charge is -2.10. The normalized spacial score (nSPS) is 22.2. The van der Waals surface area contributed by atoms with Crippen LogP contribution in [0.25, 0.3) is 0 Å². The van der Waals surface area contributed by atoms with E-state index in [9.17, 15) is 20.0 Å². The Kier molecular flexibility index (Phi) is 4.08. The molecule has 2 unspecified atom stereocenters. The maximum Gasteiger partial charge on any atom is 0.269 e. The number of nitro benzene ring substituents is 1. The monoisotopic (exact) mass is 265 g/mol. The van der Waals surface area contributed by atoms with E-state index in [1.54, 1.807) is 12.1 Å². The number of nitrogens with one attached hydrogen (secondary N) is 2. The molecule has 1 saturated heterocycles. The van der Waals surface area contributed by atoms with Gasteiger partial charge in [-0.25, -0.2) is 0 Å². The fourth-order valence-electron chi connectivity index (χ4n) is 2.01. The standard InChI is InChI=1S/C12H15N3O4/c16-10-5-11(13-7-10)12(17)14-6-8-2-1-3-9(4-8)15(18)19/h1-4,10-11,13,16H,5-7H2,(H,14,17). The molecule has 1 aliphatic heterocycles. The molecular formula is C12H15N3O4. The second-order valence-electron chi connectivity index (χ2n) is 4.50. The summed E-state index contributed by atoms with van der Waals surface area (Å²) in [6.07, 6.45) is -0.102. The first-order valence-corrected chi connectivity index (χ1v) is 5.99. The molecular weight excluding hydrogens is 250 g/mol. The van der Waals surface area contributed by atoms with Crippen LogP contribution in [0.4, 0.5) is 5.69 Å². The highest BCUT2D eigenvalue weighted by Crippen LogP contribution is 2.13. The van der Waals surface area contributed by atoms with Crippen molar-refractivity contribution in [3.63, 3.8) is 0 Å². The van der Waals surface area contributed by atoms with Crippen LogP contribution in [0.15, 0.2) is 24.3 Å². The Morgan fingerprint density at radius 2 is 2.37 bits per heavy atom. The molecule has 19 heavy (non-hydrogen) atoms. The summed E-state index contributed by atoms with van der Waals surface area (Å²) < 4.78 is 0. The summed E-state index contributed by atoms with van der Waals surface area (Å²) in [4.78, 5) is 21.9. The molecule has 1 aromatic carbocycles. The second-order valence-corrected chi connectivity index (χ2v) is 4.50. The number of hydrogen-bond acceptors (Lipinski definition) is 5. The molecule has 102 valence electrons. The Morgan fingerprint density at radius 1 is 1.58 bits per heavy atom. The molecule has 2 rings (SSSR count). The SMILES string of the molecule is O=C(NCc1cccc([N+](=O)[O-])c1)C1CC(O)CN1. The fraction of sp³-hybridized carbons (Fsp3) is 0.417. The first-order chi connectivity index (χ1) is 9.06. The first kappa shape index (κ1) is 13.4. The maximum absolute atomic E-state index is 11.8. The van der Waals surface area contributed by atoms with Crippen LogP contribution in [0, 0.1) is 10.1 Å². The number of aliphatic hydroxyl groups is 1. The van der Waals surface area contributed by atoms with Gasteiger partial charge in [-0.3, -0.25) is 14.9 Å². The maximum atomic E-state index is 11.8. The molecule has 7 heteroatoms. The number of non-ortho nitro benzene ring substituents is 1. The van der Waals surface area contributed by atoms with Gasteiger partial charge in [-0.05, 0) is 12.0 Å². The molecule has 3 N–H and O–H groups in total. The van der Waals surface area contributed by atoms with Gasteiger partial charge >= 0.3 is 0 Å². The van der Waals surface area contributed by atoms with Gasteiger partial charge in [-0.15, -0.1) is 0 Å². The Balaban J connectivity index is 1.90. The molecule has 0 saturated carbocycles. The van der Waals surface area contributed by atoms with E-state index < -0.39 is 17.1 Å². The third-order valence-corrected chi connectivity index (χ3v) is 3.01. The van der Waals surface area contributed by atoms with Crippen molar-refractivity contribution in [2.75, 3.05) is 6.54 Å². The molecule has 1 aromatic rings. The zero-order valence-corrected chi connectivity index (χ0v) is 10.2. The number of benzene rings is 1. The fourth-order valence-corrected chi connectivity index (χ4v) is 2.01. The van der Waals surface area contributed by atoms with E-state index in [1.165, 1.54) is 12.1 Å². The van der Waals surface area contributed by atoms with E-state index in [1.807, 2.05) is 0 Å². The van der Waals surface area contributed by atoms with Crippen LogP contribution in [0.3, 0.4) is 0 Å². The Bertz CT molecular complexity index is 492. The number of nitrogens with zero attached hydrogens (tertiary/aromatic N) is 1. The molecule has 0 aliphatic carbocycles. The molecule has 1 heterocycles. The van der Waals surface area contributed by atoms with E-state index in [-0.39, 0.29) is 18.1 Å². The number of carbonyl (C=O) groups excluding carboxylic acids is 1. The number of amides is 1. The summed E-state index contributed by atoms with van der Waals surface area (Å²) in [6.45, 7) is 0.643. The second kappa shape index (κ2) is 5.77. The van der Waals surface area contributed by atoms with Crippen LogP contribution in [0.1, 0.15) is 12.0 Å². The average Bonchev–Trinajstić information content (AvgIpc) is 2.83. The molecule has 0 radical (unpaired) electrons. The van der Waals surface area contributed by atoms with Gasteiger partial charge in [0.25, 0.3) is 5.69 Å². The Labute approximate surface area is 109 Å². The van der Waals surface area contributed by atoms with Crippen LogP contribution in [0.2, 0.25) is 0 Å². The van der Waals surface area contributed by atoms with Crippen molar-refractivity contribution < 1.29 is 14.8 Å². The van der Waals surface area contributed by atoms with E-state index >= 15 is 0 Å². The predicted molar refractivity (Wildman–Crippen MR) is 67.4 cm³/mol. The van der Waals surface area contributed by atoms with Gasteiger partial charge < -0.3 is 15.7 Å². The van der Waals surface area contributed by atoms with Crippen molar-refractivity contribution in [1.29, 1.82) is 0 Å². The first-order valence-electron chi connectivity index (χ1n) is 5.99. The van der Waals surface area contributed by atoms with Gasteiger partial charge in [0.2, 0.25) is 5.91 Å². The van der Waals surface area contributed by atoms with Crippen LogP contribution >= 0.6 is 0 Å². The number of carbonyl (C=O) groups is 1. The van der Waals surface area contributed by atoms with Crippen molar-refractivity contribution in [3.8, 4) is 0 Å². The summed E-state index contributed by atoms with van der Waals surface area (Å²) in [6, 6.07) is 5.73. The minimum absolute atomic E-state index is 0.00108. The molecule has 1 aliphatic rings. The highest BCUT2D eigenvalue weighted by atomic mass is 16.6. The van der Waals surface area contributed by atoms with Gasteiger partial charge in [-0.2, -0.15) is 0 Å².